The molecule has 2 atom stereocenters. The highest BCUT2D eigenvalue weighted by molar-refractivity contribution is 7.12. The number of nitrogens with zero attached hydrogens (tertiary/aromatic N) is 2. The fourth-order valence-electron chi connectivity index (χ4n) is 2.88. The van der Waals surface area contributed by atoms with Gasteiger partial charge in [0.15, 0.2) is 6.10 Å². The highest BCUT2D eigenvalue weighted by atomic mass is 32.1. The van der Waals surface area contributed by atoms with Crippen LogP contribution >= 0.6 is 11.3 Å². The van der Waals surface area contributed by atoms with E-state index in [0.29, 0.717) is 30.1 Å². The molecule has 2 amide bonds. The first kappa shape index (κ1) is 19.1. The van der Waals surface area contributed by atoms with Crippen molar-refractivity contribution in [3.05, 3.63) is 34.2 Å². The number of piperidine rings is 1. The van der Waals surface area contributed by atoms with Gasteiger partial charge in [0.1, 0.15) is 0 Å². The molecule has 1 aliphatic heterocycles. The molecule has 1 saturated heterocycles. The van der Waals surface area contributed by atoms with E-state index in [-0.39, 0.29) is 11.8 Å². The van der Waals surface area contributed by atoms with Crippen LogP contribution in [-0.2, 0) is 14.3 Å². The van der Waals surface area contributed by atoms with Crippen LogP contribution in [0.1, 0.15) is 35.1 Å². The van der Waals surface area contributed by atoms with Crippen LogP contribution in [0.25, 0.3) is 0 Å². The molecule has 2 aromatic heterocycles. The molecule has 0 bridgehead atoms. The number of aryl methyl sites for hydroxylation is 1. The van der Waals surface area contributed by atoms with Gasteiger partial charge in [-0.25, -0.2) is 0 Å². The maximum atomic E-state index is 12.5. The molecule has 1 aliphatic rings. The number of aromatic nitrogens is 1. The van der Waals surface area contributed by atoms with E-state index in [1.165, 1.54) is 18.3 Å². The summed E-state index contributed by atoms with van der Waals surface area (Å²) in [7, 11) is 0. The second kappa shape index (κ2) is 8.34. The van der Waals surface area contributed by atoms with Crippen LogP contribution in [-0.4, -0.2) is 47.0 Å². The molecule has 1 N–H and O–H groups in total. The van der Waals surface area contributed by atoms with Gasteiger partial charge in [0, 0.05) is 19.2 Å². The van der Waals surface area contributed by atoms with Gasteiger partial charge in [-0.1, -0.05) is 11.2 Å². The number of carbonyl (C=O) groups is 3. The largest absolute Gasteiger partial charge is 0.452 e. The molecule has 0 spiro atoms. The Balaban J connectivity index is 1.53. The zero-order valence-electron chi connectivity index (χ0n) is 15.1. The third kappa shape index (κ3) is 4.73. The Morgan fingerprint density at radius 3 is 2.93 bits per heavy atom. The smallest absolute Gasteiger partial charge is 0.311 e. The molecular formula is C18H21N3O5S. The van der Waals surface area contributed by atoms with E-state index in [2.05, 4.69) is 10.5 Å². The van der Waals surface area contributed by atoms with Crippen LogP contribution in [0.4, 0.5) is 5.88 Å². The highest BCUT2D eigenvalue weighted by Crippen LogP contribution is 2.22. The van der Waals surface area contributed by atoms with Crippen molar-refractivity contribution in [3.63, 3.8) is 0 Å². The summed E-state index contributed by atoms with van der Waals surface area (Å²) in [6.07, 6.45) is 0.364. The lowest BCUT2D eigenvalue weighted by Gasteiger charge is -2.31. The number of likely N-dealkylation sites (tertiary alicyclic amines) is 1. The summed E-state index contributed by atoms with van der Waals surface area (Å²) in [4.78, 5) is 39.4. The van der Waals surface area contributed by atoms with Gasteiger partial charge in [0.25, 0.3) is 11.8 Å². The zero-order valence-corrected chi connectivity index (χ0v) is 16.0. The average Bonchev–Trinajstić information content (AvgIpc) is 3.33. The van der Waals surface area contributed by atoms with Gasteiger partial charge >= 0.3 is 5.97 Å². The van der Waals surface area contributed by atoms with Gasteiger partial charge in [-0.15, -0.1) is 11.3 Å². The summed E-state index contributed by atoms with van der Waals surface area (Å²) >= 11 is 1.38. The number of hydrogen-bond donors (Lipinski definition) is 1. The summed E-state index contributed by atoms with van der Waals surface area (Å²) in [5.74, 6) is -1.29. The molecule has 1 fully saturated rings. The number of amides is 2. The van der Waals surface area contributed by atoms with E-state index in [4.69, 9.17) is 9.26 Å². The summed E-state index contributed by atoms with van der Waals surface area (Å²) in [5.41, 5.74) is 0.632. The predicted octanol–water partition coefficient (Wildman–Crippen LogP) is 2.47. The van der Waals surface area contributed by atoms with Crippen molar-refractivity contribution in [3.8, 4) is 0 Å². The molecule has 0 aromatic carbocycles. The zero-order chi connectivity index (χ0) is 19.4. The third-order valence-electron chi connectivity index (χ3n) is 4.31. The lowest BCUT2D eigenvalue weighted by Crippen LogP contribution is -2.43. The molecule has 144 valence electrons. The van der Waals surface area contributed by atoms with Crippen molar-refractivity contribution < 1.29 is 23.6 Å². The molecule has 0 radical (unpaired) electrons. The lowest BCUT2D eigenvalue weighted by molar-refractivity contribution is -0.158. The molecular weight excluding hydrogens is 370 g/mol. The van der Waals surface area contributed by atoms with Crippen LogP contribution < -0.4 is 5.32 Å². The first-order valence-corrected chi connectivity index (χ1v) is 9.59. The van der Waals surface area contributed by atoms with Crippen molar-refractivity contribution in [2.45, 2.75) is 32.8 Å². The molecule has 27 heavy (non-hydrogen) atoms. The van der Waals surface area contributed by atoms with E-state index in [1.54, 1.807) is 24.0 Å². The standard InChI is InChI=1S/C18H21N3O5S/c1-11-9-15(26-20-11)19-16(22)12(2)25-18(24)13-5-3-7-21(10-13)17(23)14-6-4-8-27-14/h4,6,8-9,12-13H,3,5,7,10H2,1-2H3,(H,19,22). The molecule has 9 heteroatoms. The van der Waals surface area contributed by atoms with Crippen molar-refractivity contribution in [1.29, 1.82) is 0 Å². The van der Waals surface area contributed by atoms with Crippen LogP contribution in [0.2, 0.25) is 0 Å². The van der Waals surface area contributed by atoms with Crippen molar-refractivity contribution >= 4 is 35.0 Å². The second-order valence-corrected chi connectivity index (χ2v) is 7.42. The van der Waals surface area contributed by atoms with Crippen molar-refractivity contribution in [2.75, 3.05) is 18.4 Å². The van der Waals surface area contributed by atoms with Gasteiger partial charge < -0.3 is 14.2 Å². The van der Waals surface area contributed by atoms with Crippen LogP contribution in [0.5, 0.6) is 0 Å². The van der Waals surface area contributed by atoms with E-state index in [9.17, 15) is 14.4 Å². The number of nitrogens with one attached hydrogen (secondary N) is 1. The number of thiophene rings is 1. The Morgan fingerprint density at radius 2 is 2.26 bits per heavy atom. The Morgan fingerprint density at radius 1 is 1.44 bits per heavy atom. The van der Waals surface area contributed by atoms with E-state index < -0.39 is 23.9 Å². The van der Waals surface area contributed by atoms with Gasteiger partial charge in [0.2, 0.25) is 5.88 Å². The molecule has 3 heterocycles. The minimum Gasteiger partial charge on any atom is -0.452 e. The maximum Gasteiger partial charge on any atom is 0.311 e. The van der Waals surface area contributed by atoms with Gasteiger partial charge in [0.05, 0.1) is 16.5 Å². The summed E-state index contributed by atoms with van der Waals surface area (Å²) in [6, 6.07) is 5.16. The lowest BCUT2D eigenvalue weighted by atomic mass is 9.98. The topological polar surface area (TPSA) is 102 Å². The predicted molar refractivity (Wildman–Crippen MR) is 98.4 cm³/mol. The molecule has 2 aromatic rings. The number of rotatable bonds is 5. The first-order valence-electron chi connectivity index (χ1n) is 8.71. The monoisotopic (exact) mass is 391 g/mol. The number of carbonyl (C=O) groups excluding carboxylic acids is 3. The minimum absolute atomic E-state index is 0.0750. The van der Waals surface area contributed by atoms with Crippen LogP contribution in [0.15, 0.2) is 28.1 Å². The third-order valence-corrected chi connectivity index (χ3v) is 5.17. The molecule has 3 rings (SSSR count). The van der Waals surface area contributed by atoms with Gasteiger partial charge in [-0.05, 0) is 38.1 Å². The summed E-state index contributed by atoms with van der Waals surface area (Å²) < 4.78 is 10.2. The van der Waals surface area contributed by atoms with E-state index in [0.717, 1.165) is 6.42 Å². The molecule has 8 nitrogen and oxygen atoms in total. The highest BCUT2D eigenvalue weighted by Gasteiger charge is 2.32. The number of hydrogen-bond acceptors (Lipinski definition) is 7. The Bertz CT molecular complexity index is 817. The number of anilines is 1. The normalized spacial score (nSPS) is 18.0. The van der Waals surface area contributed by atoms with Crippen LogP contribution in [0, 0.1) is 12.8 Å². The second-order valence-electron chi connectivity index (χ2n) is 6.47. The first-order chi connectivity index (χ1) is 12.9. The Labute approximate surface area is 160 Å². The molecule has 0 saturated carbocycles. The fourth-order valence-corrected chi connectivity index (χ4v) is 3.57. The minimum atomic E-state index is -0.980. The fraction of sp³-hybridized carbons (Fsp3) is 0.444. The van der Waals surface area contributed by atoms with Crippen molar-refractivity contribution in [1.82, 2.24) is 10.1 Å². The van der Waals surface area contributed by atoms with Crippen LogP contribution in [0.3, 0.4) is 0 Å². The number of ether oxygens (including phenoxy) is 1. The van der Waals surface area contributed by atoms with E-state index in [1.807, 2.05) is 11.4 Å². The number of esters is 1. The van der Waals surface area contributed by atoms with Gasteiger partial charge in [-0.3, -0.25) is 19.7 Å². The molecule has 2 unspecified atom stereocenters. The van der Waals surface area contributed by atoms with E-state index >= 15 is 0 Å². The summed E-state index contributed by atoms with van der Waals surface area (Å²) in [6.45, 7) is 4.13. The molecule has 0 aliphatic carbocycles. The van der Waals surface area contributed by atoms with Crippen molar-refractivity contribution in [2.24, 2.45) is 5.92 Å². The summed E-state index contributed by atoms with van der Waals surface area (Å²) in [5, 5.41) is 8.03. The Kier molecular flexibility index (Phi) is 5.90. The van der Waals surface area contributed by atoms with Gasteiger partial charge in [-0.2, -0.15) is 0 Å². The average molecular weight is 391 g/mol. The quantitative estimate of drug-likeness (QED) is 0.786. The Hall–Kier alpha value is -2.68. The maximum absolute atomic E-state index is 12.5. The SMILES string of the molecule is Cc1cc(NC(=O)C(C)OC(=O)C2CCCN(C(=O)c3cccs3)C2)on1.